The molecule has 1 N–H and O–H groups in total. The van der Waals surface area contributed by atoms with Crippen LogP contribution in [0.2, 0.25) is 10.0 Å². The van der Waals surface area contributed by atoms with Gasteiger partial charge in [0.1, 0.15) is 0 Å². The summed E-state index contributed by atoms with van der Waals surface area (Å²) in [5.41, 5.74) is 2.19. The second-order valence-corrected chi connectivity index (χ2v) is 6.70. The zero-order valence-electron chi connectivity index (χ0n) is 12.7. The van der Waals surface area contributed by atoms with E-state index < -0.39 is 6.10 Å². The fourth-order valence-electron chi connectivity index (χ4n) is 3.29. The number of aliphatic hydroxyl groups is 1. The van der Waals surface area contributed by atoms with Crippen LogP contribution in [0, 0.1) is 0 Å². The zero-order chi connectivity index (χ0) is 16.4. The molecule has 2 aromatic carbocycles. The van der Waals surface area contributed by atoms with Crippen molar-refractivity contribution in [3.8, 4) is 0 Å². The summed E-state index contributed by atoms with van der Waals surface area (Å²) in [5, 5.41) is 11.6. The Bertz CT molecular complexity index is 689. The van der Waals surface area contributed by atoms with E-state index in [0.717, 1.165) is 12.1 Å². The van der Waals surface area contributed by atoms with E-state index in [9.17, 15) is 5.11 Å². The first-order valence-electron chi connectivity index (χ1n) is 7.65. The molecular formula is C19H19Cl2NO. The van der Waals surface area contributed by atoms with Gasteiger partial charge in [0.2, 0.25) is 0 Å². The molecule has 4 heteroatoms. The van der Waals surface area contributed by atoms with Crippen LogP contribution in [0.3, 0.4) is 0 Å². The third-order valence-corrected chi connectivity index (χ3v) is 5.13. The average molecular weight is 348 g/mol. The monoisotopic (exact) mass is 347 g/mol. The molecule has 1 heterocycles. The van der Waals surface area contributed by atoms with Crippen LogP contribution in [0.25, 0.3) is 0 Å². The molecule has 3 rings (SSSR count). The SMILES string of the molecule is C=CC1C[C@H](O)[C@@H](c2ccc(Cl)c(Cl)c2)N1Cc1ccccc1. The number of nitrogens with zero attached hydrogens (tertiary/aromatic N) is 1. The van der Waals surface area contributed by atoms with Gasteiger partial charge in [-0.1, -0.05) is 65.7 Å². The summed E-state index contributed by atoms with van der Waals surface area (Å²) in [5.74, 6) is 0. The number of aliphatic hydroxyl groups excluding tert-OH is 1. The molecule has 1 saturated heterocycles. The van der Waals surface area contributed by atoms with E-state index in [1.165, 1.54) is 5.56 Å². The molecule has 0 amide bonds. The maximum Gasteiger partial charge on any atom is 0.0755 e. The molecule has 0 saturated carbocycles. The molecule has 0 spiro atoms. The molecule has 1 unspecified atom stereocenters. The minimum absolute atomic E-state index is 0.118. The van der Waals surface area contributed by atoms with Crippen LogP contribution in [0.4, 0.5) is 0 Å². The van der Waals surface area contributed by atoms with E-state index in [0.29, 0.717) is 16.5 Å². The Morgan fingerprint density at radius 3 is 2.52 bits per heavy atom. The van der Waals surface area contributed by atoms with Crippen LogP contribution in [-0.4, -0.2) is 22.2 Å². The van der Waals surface area contributed by atoms with Crippen molar-refractivity contribution < 1.29 is 5.11 Å². The number of halogens is 2. The molecule has 1 fully saturated rings. The molecule has 23 heavy (non-hydrogen) atoms. The summed E-state index contributed by atoms with van der Waals surface area (Å²) in [7, 11) is 0. The molecule has 2 nitrogen and oxygen atoms in total. The van der Waals surface area contributed by atoms with Gasteiger partial charge in [0.25, 0.3) is 0 Å². The Morgan fingerprint density at radius 1 is 1.13 bits per heavy atom. The molecule has 0 aliphatic carbocycles. The minimum atomic E-state index is -0.459. The van der Waals surface area contributed by atoms with Crippen LogP contribution in [-0.2, 0) is 6.54 Å². The highest BCUT2D eigenvalue weighted by molar-refractivity contribution is 6.42. The molecule has 0 aromatic heterocycles. The molecule has 1 aliphatic rings. The van der Waals surface area contributed by atoms with E-state index in [1.807, 2.05) is 36.4 Å². The summed E-state index contributed by atoms with van der Waals surface area (Å²) in [4.78, 5) is 2.27. The highest BCUT2D eigenvalue weighted by Crippen LogP contribution is 2.39. The van der Waals surface area contributed by atoms with Crippen molar-refractivity contribution in [2.24, 2.45) is 0 Å². The maximum atomic E-state index is 10.6. The zero-order valence-corrected chi connectivity index (χ0v) is 14.2. The lowest BCUT2D eigenvalue weighted by Crippen LogP contribution is -2.31. The Balaban J connectivity index is 1.94. The molecule has 2 aromatic rings. The van der Waals surface area contributed by atoms with E-state index in [-0.39, 0.29) is 12.1 Å². The van der Waals surface area contributed by atoms with E-state index in [4.69, 9.17) is 23.2 Å². The quantitative estimate of drug-likeness (QED) is 0.798. The van der Waals surface area contributed by atoms with Crippen molar-refractivity contribution in [3.05, 3.63) is 82.4 Å². The molecule has 0 radical (unpaired) electrons. The fourth-order valence-corrected chi connectivity index (χ4v) is 3.60. The van der Waals surface area contributed by atoms with Crippen LogP contribution in [0.15, 0.2) is 61.2 Å². The number of hydrogen-bond acceptors (Lipinski definition) is 2. The summed E-state index contributed by atoms with van der Waals surface area (Å²) in [6.45, 7) is 4.68. The lowest BCUT2D eigenvalue weighted by Gasteiger charge is -2.30. The number of hydrogen-bond donors (Lipinski definition) is 1. The van der Waals surface area contributed by atoms with Gasteiger partial charge in [-0.05, 0) is 29.7 Å². The predicted octanol–water partition coefficient (Wildman–Crippen LogP) is 4.86. The summed E-state index contributed by atoms with van der Waals surface area (Å²) in [6.07, 6.45) is 2.12. The molecule has 0 bridgehead atoms. The van der Waals surface area contributed by atoms with Crippen molar-refractivity contribution >= 4 is 23.2 Å². The van der Waals surface area contributed by atoms with Crippen LogP contribution >= 0.6 is 23.2 Å². The first-order chi connectivity index (χ1) is 11.1. The molecule has 1 aliphatic heterocycles. The molecular weight excluding hydrogens is 329 g/mol. The maximum absolute atomic E-state index is 10.6. The van der Waals surface area contributed by atoms with Gasteiger partial charge in [0.15, 0.2) is 0 Å². The summed E-state index contributed by atoms with van der Waals surface area (Å²) in [6, 6.07) is 15.8. The lowest BCUT2D eigenvalue weighted by molar-refractivity contribution is 0.109. The summed E-state index contributed by atoms with van der Waals surface area (Å²) < 4.78 is 0. The second-order valence-electron chi connectivity index (χ2n) is 5.88. The van der Waals surface area contributed by atoms with Crippen LogP contribution < -0.4 is 0 Å². The third-order valence-electron chi connectivity index (χ3n) is 4.40. The lowest BCUT2D eigenvalue weighted by atomic mass is 10.0. The van der Waals surface area contributed by atoms with Crippen molar-refractivity contribution in [1.29, 1.82) is 0 Å². The van der Waals surface area contributed by atoms with Gasteiger partial charge < -0.3 is 5.11 Å². The Labute approximate surface area is 147 Å². The molecule has 120 valence electrons. The van der Waals surface area contributed by atoms with Crippen molar-refractivity contribution in [2.75, 3.05) is 0 Å². The van der Waals surface area contributed by atoms with Gasteiger partial charge in [-0.3, -0.25) is 4.90 Å². The smallest absolute Gasteiger partial charge is 0.0755 e. The van der Waals surface area contributed by atoms with Gasteiger partial charge in [0, 0.05) is 12.6 Å². The third kappa shape index (κ3) is 3.46. The minimum Gasteiger partial charge on any atom is -0.391 e. The van der Waals surface area contributed by atoms with Gasteiger partial charge in [-0.15, -0.1) is 6.58 Å². The normalized spacial score (nSPS) is 24.7. The predicted molar refractivity (Wildman–Crippen MR) is 95.8 cm³/mol. The van der Waals surface area contributed by atoms with E-state index >= 15 is 0 Å². The first kappa shape index (κ1) is 16.5. The standard InChI is InChI=1S/C19H19Cl2NO/c1-2-15-11-18(23)19(14-8-9-16(20)17(21)10-14)22(15)12-13-6-4-3-5-7-13/h2-10,15,18-19,23H,1,11-12H2/t15?,18-,19+/m0/s1. The summed E-state index contributed by atoms with van der Waals surface area (Å²) >= 11 is 12.2. The highest BCUT2D eigenvalue weighted by Gasteiger charge is 2.39. The van der Waals surface area contributed by atoms with Crippen LogP contribution in [0.1, 0.15) is 23.6 Å². The van der Waals surface area contributed by atoms with E-state index in [2.05, 4.69) is 23.6 Å². The van der Waals surface area contributed by atoms with E-state index in [1.54, 1.807) is 6.07 Å². The number of likely N-dealkylation sites (tertiary alicyclic amines) is 1. The Kier molecular flexibility index (Phi) is 5.08. The van der Waals surface area contributed by atoms with Gasteiger partial charge in [-0.25, -0.2) is 0 Å². The fraction of sp³-hybridized carbons (Fsp3) is 0.263. The second kappa shape index (κ2) is 7.06. The Morgan fingerprint density at radius 2 is 1.87 bits per heavy atom. The Hall–Kier alpha value is -1.32. The van der Waals surface area contributed by atoms with Gasteiger partial charge in [0.05, 0.1) is 22.2 Å². The number of benzene rings is 2. The van der Waals surface area contributed by atoms with Gasteiger partial charge in [-0.2, -0.15) is 0 Å². The van der Waals surface area contributed by atoms with Gasteiger partial charge >= 0.3 is 0 Å². The molecule has 3 atom stereocenters. The van der Waals surface area contributed by atoms with Crippen molar-refractivity contribution in [2.45, 2.75) is 31.2 Å². The average Bonchev–Trinajstić information content (AvgIpc) is 2.87. The number of rotatable bonds is 4. The first-order valence-corrected chi connectivity index (χ1v) is 8.41. The van der Waals surface area contributed by atoms with Crippen molar-refractivity contribution in [3.63, 3.8) is 0 Å². The largest absolute Gasteiger partial charge is 0.391 e. The van der Waals surface area contributed by atoms with Crippen molar-refractivity contribution in [1.82, 2.24) is 4.90 Å². The van der Waals surface area contributed by atoms with Crippen LogP contribution in [0.5, 0.6) is 0 Å². The highest BCUT2D eigenvalue weighted by atomic mass is 35.5. The topological polar surface area (TPSA) is 23.5 Å².